The molecule has 0 radical (unpaired) electrons. The van der Waals surface area contributed by atoms with Gasteiger partial charge in [0.15, 0.2) is 0 Å². The predicted octanol–water partition coefficient (Wildman–Crippen LogP) is 16.1. The summed E-state index contributed by atoms with van der Waals surface area (Å²) in [5.74, 6) is 0.501. The van der Waals surface area contributed by atoms with Gasteiger partial charge in [-0.05, 0) is 154 Å². The summed E-state index contributed by atoms with van der Waals surface area (Å²) in [5.41, 5.74) is 13.8. The van der Waals surface area contributed by atoms with Crippen molar-refractivity contribution in [3.8, 4) is 0 Å². The van der Waals surface area contributed by atoms with Crippen molar-refractivity contribution in [1.29, 1.82) is 0 Å². The van der Waals surface area contributed by atoms with Gasteiger partial charge in [0.05, 0.1) is 11.4 Å². The largest absolute Gasteiger partial charge is 0.309 e. The minimum Gasteiger partial charge on any atom is -0.309 e. The quantitative estimate of drug-likeness (QED) is 0.165. The third-order valence-electron chi connectivity index (χ3n) is 12.6. The summed E-state index contributed by atoms with van der Waals surface area (Å²) in [4.78, 5) is 7.87. The van der Waals surface area contributed by atoms with E-state index in [1.165, 1.54) is 104 Å². The third-order valence-corrected chi connectivity index (χ3v) is 15.5. The van der Waals surface area contributed by atoms with Gasteiger partial charge in [-0.25, -0.2) is 0 Å². The highest BCUT2D eigenvalue weighted by Crippen LogP contribution is 2.60. The predicted molar refractivity (Wildman–Crippen MR) is 247 cm³/mol. The Morgan fingerprint density at radius 3 is 1.59 bits per heavy atom. The van der Waals surface area contributed by atoms with E-state index in [1.54, 1.807) is 0 Å². The van der Waals surface area contributed by atoms with Crippen LogP contribution in [0.5, 0.6) is 0 Å². The van der Waals surface area contributed by atoms with Crippen molar-refractivity contribution in [1.82, 2.24) is 0 Å². The zero-order valence-corrected chi connectivity index (χ0v) is 35.5. The summed E-state index contributed by atoms with van der Waals surface area (Å²) in [6.45, 7) is 18.3. The average molecular weight is 751 g/mol. The Morgan fingerprint density at radius 1 is 0.554 bits per heavy atom. The average Bonchev–Trinajstić information content (AvgIpc) is 3.18. The van der Waals surface area contributed by atoms with Crippen LogP contribution in [0.15, 0.2) is 137 Å². The number of benzene rings is 8. The maximum absolute atomic E-state index is 2.57. The number of nitrogens with zero attached hydrogens (tertiary/aromatic N) is 2. The van der Waals surface area contributed by atoms with Gasteiger partial charge in [0.25, 0.3) is 0 Å². The lowest BCUT2D eigenvalue weighted by Crippen LogP contribution is -2.17. The summed E-state index contributed by atoms with van der Waals surface area (Å²) in [6, 6.07) is 49.8. The maximum atomic E-state index is 2.57. The van der Waals surface area contributed by atoms with Crippen LogP contribution in [0.2, 0.25) is 0 Å². The minimum absolute atomic E-state index is 0.0376. The van der Waals surface area contributed by atoms with Gasteiger partial charge in [-0.1, -0.05) is 113 Å². The summed E-state index contributed by atoms with van der Waals surface area (Å²) >= 11 is 0. The van der Waals surface area contributed by atoms with E-state index in [0.29, 0.717) is 5.92 Å². The van der Waals surface area contributed by atoms with E-state index < -0.39 is 10.0 Å². The van der Waals surface area contributed by atoms with Gasteiger partial charge in [-0.15, -0.1) is 0 Å². The fourth-order valence-electron chi connectivity index (χ4n) is 9.04. The lowest BCUT2D eigenvalue weighted by Gasteiger charge is -2.38. The van der Waals surface area contributed by atoms with Crippen LogP contribution in [-0.4, -0.2) is 12.5 Å². The number of anilines is 6. The van der Waals surface area contributed by atoms with Gasteiger partial charge in [0.2, 0.25) is 0 Å². The molecule has 3 heteroatoms. The van der Waals surface area contributed by atoms with Crippen molar-refractivity contribution in [3.63, 3.8) is 0 Å². The van der Waals surface area contributed by atoms with Crippen LogP contribution in [0.3, 0.4) is 0 Å². The molecule has 0 fully saturated rings. The van der Waals surface area contributed by atoms with E-state index in [1.807, 2.05) is 0 Å². The first-order chi connectivity index (χ1) is 26.7. The molecule has 0 amide bonds. The fraction of sp³-hybridized carbons (Fsp3) is 0.245. The van der Waals surface area contributed by atoms with Gasteiger partial charge in [-0.2, -0.15) is 10.0 Å². The maximum Gasteiger partial charge on any atom is 0.0561 e. The number of hydrogen-bond donors (Lipinski definition) is 0. The Labute approximate surface area is 335 Å². The highest BCUT2D eigenvalue weighted by Gasteiger charge is 2.29. The third kappa shape index (κ3) is 5.77. The molecule has 1 heterocycles. The van der Waals surface area contributed by atoms with Crippen molar-refractivity contribution in [2.45, 2.75) is 82.9 Å². The van der Waals surface area contributed by atoms with Crippen LogP contribution in [0.1, 0.15) is 74.8 Å². The molecule has 1 aliphatic heterocycles. The number of rotatable bonds is 4. The first-order valence-electron chi connectivity index (χ1n) is 20.2. The molecule has 2 nitrogen and oxygen atoms in total. The van der Waals surface area contributed by atoms with Crippen LogP contribution in [-0.2, 0) is 5.41 Å². The van der Waals surface area contributed by atoms with E-state index in [4.69, 9.17) is 0 Å². The number of aryl methyl sites for hydroxylation is 3. The van der Waals surface area contributed by atoms with Crippen molar-refractivity contribution in [2.24, 2.45) is 0 Å². The van der Waals surface area contributed by atoms with Gasteiger partial charge in [0.1, 0.15) is 0 Å². The molecular weight excluding hydrogens is 697 g/mol. The Bertz CT molecular complexity index is 2800. The fourth-order valence-corrected chi connectivity index (χ4v) is 11.0. The Morgan fingerprint density at radius 2 is 1.09 bits per heavy atom. The Balaban J connectivity index is 1.49. The van der Waals surface area contributed by atoms with Crippen LogP contribution in [0, 0.1) is 20.8 Å². The first kappa shape index (κ1) is 36.4. The first-order valence-corrected chi connectivity index (χ1v) is 22.7. The van der Waals surface area contributed by atoms with E-state index in [-0.39, 0.29) is 5.41 Å². The summed E-state index contributed by atoms with van der Waals surface area (Å²) < 4.78 is 0. The second-order valence-corrected chi connectivity index (χ2v) is 21.3. The highest BCUT2D eigenvalue weighted by molar-refractivity contribution is 8.32. The van der Waals surface area contributed by atoms with Crippen molar-refractivity contribution >= 4 is 76.5 Å². The molecule has 8 aromatic carbocycles. The molecule has 1 atom stereocenters. The molecule has 0 saturated heterocycles. The molecule has 0 saturated carbocycles. The molecule has 8 aromatic rings. The minimum atomic E-state index is -1.39. The van der Waals surface area contributed by atoms with Crippen LogP contribution in [0.4, 0.5) is 34.1 Å². The molecule has 0 aromatic heterocycles. The molecule has 0 N–H and O–H groups in total. The summed E-state index contributed by atoms with van der Waals surface area (Å²) in [6.07, 6.45) is 6.03. The molecule has 1 aliphatic rings. The molecule has 6 bridgehead atoms. The van der Waals surface area contributed by atoms with Gasteiger partial charge < -0.3 is 9.80 Å². The zero-order valence-electron chi connectivity index (χ0n) is 34.7. The summed E-state index contributed by atoms with van der Waals surface area (Å²) in [5, 5.41) is 7.76. The van der Waals surface area contributed by atoms with Crippen molar-refractivity contribution in [2.75, 3.05) is 22.3 Å². The smallest absolute Gasteiger partial charge is 0.0561 e. The monoisotopic (exact) mass is 750 g/mol. The van der Waals surface area contributed by atoms with Crippen LogP contribution in [0.25, 0.3) is 32.3 Å². The molecular formula is C53H54N2S. The Kier molecular flexibility index (Phi) is 8.56. The van der Waals surface area contributed by atoms with Gasteiger partial charge >= 0.3 is 0 Å². The second kappa shape index (κ2) is 13.2. The number of fused-ring (bicyclic) bond motifs is 8. The summed E-state index contributed by atoms with van der Waals surface area (Å²) in [7, 11) is -1.39. The van der Waals surface area contributed by atoms with Gasteiger partial charge in [-0.3, -0.25) is 0 Å². The van der Waals surface area contributed by atoms with Crippen LogP contribution < -0.4 is 9.80 Å². The van der Waals surface area contributed by atoms with Crippen molar-refractivity contribution < 1.29 is 0 Å². The molecule has 56 heavy (non-hydrogen) atoms. The Hall–Kier alpha value is -5.25. The lowest BCUT2D eigenvalue weighted by molar-refractivity contribution is 0.591. The van der Waals surface area contributed by atoms with E-state index in [0.717, 1.165) is 6.42 Å². The van der Waals surface area contributed by atoms with E-state index in [9.17, 15) is 0 Å². The molecule has 1 unspecified atom stereocenters. The topological polar surface area (TPSA) is 6.48 Å². The number of hydrogen-bond acceptors (Lipinski definition) is 2. The van der Waals surface area contributed by atoms with E-state index in [2.05, 4.69) is 205 Å². The molecule has 282 valence electrons. The highest BCUT2D eigenvalue weighted by atomic mass is 32.3. The lowest BCUT2D eigenvalue weighted by atomic mass is 9.83. The normalized spacial score (nSPS) is 15.2. The zero-order chi connectivity index (χ0) is 39.3. The van der Waals surface area contributed by atoms with E-state index >= 15 is 0 Å². The van der Waals surface area contributed by atoms with Crippen LogP contribution >= 0.6 is 10.0 Å². The van der Waals surface area contributed by atoms with Crippen molar-refractivity contribution in [3.05, 3.63) is 155 Å². The SMILES string of the molecule is CCC(C)c1ccc(N2c3cccc(c3)S(C)(C)c3cccc(c3)N(c3ccc(C)cc3C)c3cc2c2ccc4cc(C(C)(C)C)cc5ccc3c2c54)c(C)c1. The molecule has 0 aliphatic carbocycles. The second-order valence-electron chi connectivity index (χ2n) is 17.7. The molecule has 9 rings (SSSR count). The molecule has 0 spiro atoms. The standard InChI is InChI=1S/C53H54N2S/c1-11-34(3)37-21-25-48(36(5)27-37)55-42-15-13-17-44(31-42)56(9,10)43-16-12-14-41(30-43)54(47-24-18-33(2)26-35(47)4)49-32-50(55)46-23-20-39-29-40(53(6,7)8)28-38-19-22-45(49)52(46)51(38)39/h12-32,34H,11H2,1-10H3. The van der Waals surface area contributed by atoms with Gasteiger partial charge in [0, 0.05) is 38.9 Å².